The summed E-state index contributed by atoms with van der Waals surface area (Å²) in [5.41, 5.74) is 0. The van der Waals surface area contributed by atoms with Gasteiger partial charge in [-0.05, 0) is 19.3 Å². The Balaban J connectivity index is 1.50. The van der Waals surface area contributed by atoms with Gasteiger partial charge in [0.2, 0.25) is 0 Å². The first kappa shape index (κ1) is 12.6. The van der Waals surface area contributed by atoms with Crippen LogP contribution < -0.4 is 5.32 Å². The molecule has 2 N–H and O–H groups in total. The predicted molar refractivity (Wildman–Crippen MR) is 69.7 cm³/mol. The van der Waals surface area contributed by atoms with E-state index in [-0.39, 0.29) is 0 Å². The molecule has 1 atom stereocenters. The fourth-order valence-electron chi connectivity index (χ4n) is 2.54. The van der Waals surface area contributed by atoms with Crippen LogP contribution in [-0.2, 0) is 17.9 Å². The average molecular weight is 264 g/mol. The first-order chi connectivity index (χ1) is 9.22. The summed E-state index contributed by atoms with van der Waals surface area (Å²) in [7, 11) is 0. The van der Waals surface area contributed by atoms with Gasteiger partial charge in [-0.1, -0.05) is 0 Å². The lowest BCUT2D eigenvalue weighted by atomic mass is 10.2. The van der Waals surface area contributed by atoms with Crippen molar-refractivity contribution in [3.63, 3.8) is 0 Å². The molecule has 1 fully saturated rings. The third-order valence-corrected chi connectivity index (χ3v) is 3.87. The lowest BCUT2D eigenvalue weighted by Crippen LogP contribution is -2.42. The highest BCUT2D eigenvalue weighted by molar-refractivity contribution is 5.73. The molecule has 1 aliphatic heterocycles. The summed E-state index contributed by atoms with van der Waals surface area (Å²) in [5.74, 6) is 0.346. The summed E-state index contributed by atoms with van der Waals surface area (Å²) in [4.78, 5) is 17.8. The van der Waals surface area contributed by atoms with E-state index in [0.29, 0.717) is 12.5 Å². The van der Waals surface area contributed by atoms with Crippen LogP contribution >= 0.6 is 0 Å². The van der Waals surface area contributed by atoms with E-state index in [1.807, 2.05) is 12.4 Å². The minimum atomic E-state index is -0.731. The minimum Gasteiger partial charge on any atom is -0.480 e. The fourth-order valence-corrected chi connectivity index (χ4v) is 2.54. The van der Waals surface area contributed by atoms with Crippen LogP contribution in [0.25, 0.3) is 0 Å². The molecule has 19 heavy (non-hydrogen) atoms. The number of carbonyl (C=O) groups is 1. The highest BCUT2D eigenvalue weighted by Crippen LogP contribution is 2.20. The molecule has 1 unspecified atom stereocenters. The molecule has 6 nitrogen and oxygen atoms in total. The van der Waals surface area contributed by atoms with Gasteiger partial charge >= 0.3 is 5.97 Å². The number of imidazole rings is 1. The van der Waals surface area contributed by atoms with E-state index in [1.54, 1.807) is 0 Å². The largest absolute Gasteiger partial charge is 0.480 e. The van der Waals surface area contributed by atoms with E-state index in [1.165, 1.54) is 0 Å². The highest BCUT2D eigenvalue weighted by atomic mass is 16.4. The molecule has 2 aliphatic rings. The van der Waals surface area contributed by atoms with Crippen molar-refractivity contribution in [2.45, 2.75) is 44.4 Å². The summed E-state index contributed by atoms with van der Waals surface area (Å²) in [6.07, 6.45) is 6.72. The molecule has 0 bridgehead atoms. The summed E-state index contributed by atoms with van der Waals surface area (Å²) in [6.45, 7) is 3.55. The Morgan fingerprint density at radius 1 is 1.53 bits per heavy atom. The number of hydrogen-bond acceptors (Lipinski definition) is 4. The Morgan fingerprint density at radius 2 is 2.37 bits per heavy atom. The number of nitrogens with zero attached hydrogens (tertiary/aromatic N) is 3. The molecule has 0 saturated heterocycles. The molecule has 2 heterocycles. The number of carboxylic acid groups (broad SMARTS) is 1. The minimum absolute atomic E-state index is 0.408. The molecule has 1 aliphatic carbocycles. The van der Waals surface area contributed by atoms with E-state index in [2.05, 4.69) is 19.8 Å². The van der Waals surface area contributed by atoms with E-state index < -0.39 is 12.0 Å². The van der Waals surface area contributed by atoms with Crippen molar-refractivity contribution in [2.24, 2.45) is 0 Å². The third kappa shape index (κ3) is 3.13. The van der Waals surface area contributed by atoms with Gasteiger partial charge in [0.1, 0.15) is 11.9 Å². The van der Waals surface area contributed by atoms with Crippen LogP contribution in [0.3, 0.4) is 0 Å². The van der Waals surface area contributed by atoms with Crippen LogP contribution in [0.2, 0.25) is 0 Å². The normalized spacial score (nSPS) is 21.1. The molecule has 0 spiro atoms. The molecule has 3 rings (SSSR count). The van der Waals surface area contributed by atoms with Gasteiger partial charge in [-0.15, -0.1) is 0 Å². The second kappa shape index (κ2) is 5.30. The highest BCUT2D eigenvalue weighted by Gasteiger charge is 2.28. The van der Waals surface area contributed by atoms with Crippen molar-refractivity contribution in [2.75, 3.05) is 13.1 Å². The van der Waals surface area contributed by atoms with Gasteiger partial charge in [0.25, 0.3) is 0 Å². The number of aromatic nitrogens is 2. The quantitative estimate of drug-likeness (QED) is 0.773. The zero-order chi connectivity index (χ0) is 13.2. The molecule has 1 aromatic heterocycles. The van der Waals surface area contributed by atoms with Gasteiger partial charge in [0.15, 0.2) is 0 Å². The number of fused-ring (bicyclic) bond motifs is 1. The van der Waals surface area contributed by atoms with E-state index in [9.17, 15) is 9.90 Å². The van der Waals surface area contributed by atoms with Gasteiger partial charge in [-0.2, -0.15) is 0 Å². The maximum Gasteiger partial charge on any atom is 0.320 e. The van der Waals surface area contributed by atoms with Gasteiger partial charge < -0.3 is 15.0 Å². The van der Waals surface area contributed by atoms with Crippen molar-refractivity contribution in [1.82, 2.24) is 19.8 Å². The van der Waals surface area contributed by atoms with E-state index >= 15 is 0 Å². The standard InChI is InChI=1S/C13H20N4O2/c18-13(19)11(15-10-1-2-10)3-5-16-7-8-17-6-4-14-12(17)9-16/h4,6,10-11,15H,1-3,5,7-9H2,(H,18,19). The topological polar surface area (TPSA) is 70.4 Å². The van der Waals surface area contributed by atoms with E-state index in [4.69, 9.17) is 0 Å². The van der Waals surface area contributed by atoms with E-state index in [0.717, 1.165) is 44.8 Å². The van der Waals surface area contributed by atoms with Crippen molar-refractivity contribution < 1.29 is 9.90 Å². The van der Waals surface area contributed by atoms with Gasteiger partial charge in [0, 0.05) is 38.1 Å². The van der Waals surface area contributed by atoms with Crippen LogP contribution in [-0.4, -0.2) is 50.7 Å². The molecule has 6 heteroatoms. The molecular weight excluding hydrogens is 244 g/mol. The summed E-state index contributed by atoms with van der Waals surface area (Å²) < 4.78 is 2.16. The van der Waals surface area contributed by atoms with Crippen LogP contribution in [0, 0.1) is 0 Å². The molecular formula is C13H20N4O2. The predicted octanol–water partition coefficient (Wildman–Crippen LogP) is 0.294. The van der Waals surface area contributed by atoms with Gasteiger partial charge in [0.05, 0.1) is 6.54 Å². The van der Waals surface area contributed by atoms with Gasteiger partial charge in [-0.25, -0.2) is 4.98 Å². The Labute approximate surface area is 112 Å². The maximum absolute atomic E-state index is 11.2. The smallest absolute Gasteiger partial charge is 0.320 e. The molecule has 0 amide bonds. The second-order valence-electron chi connectivity index (χ2n) is 5.43. The summed E-state index contributed by atoms with van der Waals surface area (Å²) in [6, 6.07) is 0.0236. The Bertz CT molecular complexity index is 455. The monoisotopic (exact) mass is 264 g/mol. The van der Waals surface area contributed by atoms with Crippen molar-refractivity contribution in [3.8, 4) is 0 Å². The first-order valence-corrected chi connectivity index (χ1v) is 6.93. The van der Waals surface area contributed by atoms with Crippen molar-refractivity contribution in [1.29, 1.82) is 0 Å². The first-order valence-electron chi connectivity index (χ1n) is 6.93. The summed E-state index contributed by atoms with van der Waals surface area (Å²) >= 11 is 0. The Kier molecular flexibility index (Phi) is 3.52. The fraction of sp³-hybridized carbons (Fsp3) is 0.692. The summed E-state index contributed by atoms with van der Waals surface area (Å²) in [5, 5.41) is 12.4. The average Bonchev–Trinajstić information content (AvgIpc) is 3.09. The lowest BCUT2D eigenvalue weighted by Gasteiger charge is -2.28. The Morgan fingerprint density at radius 3 is 3.11 bits per heavy atom. The molecule has 0 radical (unpaired) electrons. The maximum atomic E-state index is 11.2. The van der Waals surface area contributed by atoms with Crippen LogP contribution in [0.1, 0.15) is 25.1 Å². The van der Waals surface area contributed by atoms with Crippen LogP contribution in [0.15, 0.2) is 12.4 Å². The number of nitrogens with one attached hydrogen (secondary N) is 1. The Hall–Kier alpha value is -1.40. The lowest BCUT2D eigenvalue weighted by molar-refractivity contribution is -0.139. The zero-order valence-electron chi connectivity index (χ0n) is 11.0. The van der Waals surface area contributed by atoms with Crippen molar-refractivity contribution >= 4 is 5.97 Å². The molecule has 1 saturated carbocycles. The molecule has 0 aromatic carbocycles. The van der Waals surface area contributed by atoms with Gasteiger partial charge in [-0.3, -0.25) is 9.69 Å². The zero-order valence-corrected chi connectivity index (χ0v) is 11.0. The number of rotatable bonds is 6. The number of aliphatic carboxylic acids is 1. The molecule has 104 valence electrons. The van der Waals surface area contributed by atoms with Crippen LogP contribution in [0.5, 0.6) is 0 Å². The SMILES string of the molecule is O=C(O)C(CCN1CCn2ccnc2C1)NC1CC1. The number of carboxylic acids is 1. The van der Waals surface area contributed by atoms with Crippen LogP contribution in [0.4, 0.5) is 0 Å². The van der Waals surface area contributed by atoms with Crippen molar-refractivity contribution in [3.05, 3.63) is 18.2 Å². The molecule has 1 aromatic rings. The second-order valence-corrected chi connectivity index (χ2v) is 5.43. The number of hydrogen-bond donors (Lipinski definition) is 2. The third-order valence-electron chi connectivity index (χ3n) is 3.87.